The molecule has 0 N–H and O–H groups in total. The summed E-state index contributed by atoms with van der Waals surface area (Å²) in [5.41, 5.74) is 0.884. The maximum Gasteiger partial charge on any atom is 0.148 e. The molecule has 2 rings (SSSR count). The van der Waals surface area contributed by atoms with Gasteiger partial charge in [-0.2, -0.15) is 0 Å². The molecular weight excluding hydrogens is 212 g/mol. The van der Waals surface area contributed by atoms with Gasteiger partial charge in [0.1, 0.15) is 11.5 Å². The van der Waals surface area contributed by atoms with Crippen molar-refractivity contribution < 1.29 is 9.15 Å². The number of rotatable bonds is 3. The van der Waals surface area contributed by atoms with E-state index >= 15 is 0 Å². The molecule has 0 saturated carbocycles. The summed E-state index contributed by atoms with van der Waals surface area (Å²) in [5.74, 6) is 1.44. The molecule has 0 bridgehead atoms. The molecule has 3 heteroatoms. The number of hydrogen-bond acceptors (Lipinski definition) is 2. The normalized spacial score (nSPS) is 10.3. The van der Waals surface area contributed by atoms with Gasteiger partial charge in [0.05, 0.1) is 23.5 Å². The third-order valence-corrected chi connectivity index (χ3v) is 2.34. The molecule has 1 heterocycles. The van der Waals surface area contributed by atoms with E-state index in [-0.39, 0.29) is 0 Å². The van der Waals surface area contributed by atoms with Gasteiger partial charge in [0.25, 0.3) is 0 Å². The highest BCUT2D eigenvalue weighted by Gasteiger charge is 2.11. The Labute approximate surface area is 93.4 Å². The van der Waals surface area contributed by atoms with Crippen molar-refractivity contribution in [2.75, 3.05) is 6.61 Å². The molecule has 0 unspecified atom stereocenters. The molecule has 15 heavy (non-hydrogen) atoms. The van der Waals surface area contributed by atoms with Gasteiger partial charge < -0.3 is 9.15 Å². The molecule has 0 aliphatic rings. The highest BCUT2D eigenvalue weighted by atomic mass is 35.5. The van der Waals surface area contributed by atoms with Crippen molar-refractivity contribution in [3.8, 4) is 17.1 Å². The Morgan fingerprint density at radius 1 is 1.27 bits per heavy atom. The Hall–Kier alpha value is -1.41. The zero-order chi connectivity index (χ0) is 10.7. The van der Waals surface area contributed by atoms with Crippen LogP contribution >= 0.6 is 11.6 Å². The lowest BCUT2D eigenvalue weighted by Gasteiger charge is -2.09. The number of furan rings is 1. The molecule has 0 amide bonds. The van der Waals surface area contributed by atoms with Gasteiger partial charge in [-0.05, 0) is 31.2 Å². The minimum absolute atomic E-state index is 0.581. The summed E-state index contributed by atoms with van der Waals surface area (Å²) in [7, 11) is 0. The molecule has 78 valence electrons. The quantitative estimate of drug-likeness (QED) is 0.783. The molecule has 0 fully saturated rings. The predicted molar refractivity (Wildman–Crippen MR) is 60.3 cm³/mol. The Kier molecular flexibility index (Phi) is 2.97. The van der Waals surface area contributed by atoms with Crippen molar-refractivity contribution in [1.29, 1.82) is 0 Å². The van der Waals surface area contributed by atoms with Crippen LogP contribution in [0.15, 0.2) is 41.0 Å². The van der Waals surface area contributed by atoms with Crippen molar-refractivity contribution in [1.82, 2.24) is 0 Å². The third-order valence-electron chi connectivity index (χ3n) is 2.04. The van der Waals surface area contributed by atoms with Crippen LogP contribution in [0.1, 0.15) is 6.92 Å². The topological polar surface area (TPSA) is 22.4 Å². The predicted octanol–water partition coefficient (Wildman–Crippen LogP) is 4.00. The van der Waals surface area contributed by atoms with E-state index in [4.69, 9.17) is 20.8 Å². The van der Waals surface area contributed by atoms with E-state index in [1.165, 1.54) is 0 Å². The van der Waals surface area contributed by atoms with Gasteiger partial charge in [0.15, 0.2) is 0 Å². The third kappa shape index (κ3) is 2.00. The van der Waals surface area contributed by atoms with Crippen molar-refractivity contribution in [2.45, 2.75) is 6.92 Å². The van der Waals surface area contributed by atoms with Crippen molar-refractivity contribution in [3.05, 3.63) is 41.6 Å². The van der Waals surface area contributed by atoms with Gasteiger partial charge in [-0.3, -0.25) is 0 Å². The van der Waals surface area contributed by atoms with Crippen LogP contribution in [0.4, 0.5) is 0 Å². The van der Waals surface area contributed by atoms with Crippen molar-refractivity contribution >= 4 is 11.6 Å². The molecular formula is C12H11ClO2. The number of hydrogen-bond donors (Lipinski definition) is 0. The van der Waals surface area contributed by atoms with E-state index in [9.17, 15) is 0 Å². The first-order valence-corrected chi connectivity index (χ1v) is 5.16. The molecule has 0 saturated heterocycles. The summed E-state index contributed by atoms with van der Waals surface area (Å²) in [6, 6.07) is 9.33. The first-order chi connectivity index (χ1) is 7.33. The number of para-hydroxylation sites is 1. The van der Waals surface area contributed by atoms with Crippen LogP contribution in [-0.2, 0) is 0 Å². The zero-order valence-electron chi connectivity index (χ0n) is 8.37. The first kappa shape index (κ1) is 10.1. The molecule has 0 radical (unpaired) electrons. The van der Waals surface area contributed by atoms with Crippen LogP contribution in [0, 0.1) is 0 Å². The van der Waals surface area contributed by atoms with E-state index in [1.54, 1.807) is 12.3 Å². The minimum Gasteiger partial charge on any atom is -0.492 e. The van der Waals surface area contributed by atoms with Gasteiger partial charge >= 0.3 is 0 Å². The Bertz CT molecular complexity index is 435. The monoisotopic (exact) mass is 222 g/mol. The van der Waals surface area contributed by atoms with E-state index in [1.807, 2.05) is 31.2 Å². The van der Waals surface area contributed by atoms with Crippen LogP contribution in [0.25, 0.3) is 11.3 Å². The maximum atomic E-state index is 6.06. The number of ether oxygens (including phenoxy) is 1. The fraction of sp³-hybridized carbons (Fsp3) is 0.167. The molecule has 0 atom stereocenters. The molecule has 1 aromatic heterocycles. The Morgan fingerprint density at radius 2 is 2.13 bits per heavy atom. The lowest BCUT2D eigenvalue weighted by molar-refractivity contribution is 0.341. The maximum absolute atomic E-state index is 6.06. The van der Waals surface area contributed by atoms with Crippen LogP contribution in [-0.4, -0.2) is 6.61 Å². The Morgan fingerprint density at radius 3 is 2.80 bits per heavy atom. The lowest BCUT2D eigenvalue weighted by atomic mass is 10.1. The fourth-order valence-corrected chi connectivity index (χ4v) is 1.65. The summed E-state index contributed by atoms with van der Waals surface area (Å²) in [6.45, 7) is 2.51. The van der Waals surface area contributed by atoms with E-state index in [0.29, 0.717) is 17.4 Å². The average molecular weight is 223 g/mol. The molecule has 2 aromatic rings. The van der Waals surface area contributed by atoms with Gasteiger partial charge in [0.2, 0.25) is 0 Å². The lowest BCUT2D eigenvalue weighted by Crippen LogP contribution is -1.94. The van der Waals surface area contributed by atoms with E-state index < -0.39 is 0 Å². The van der Waals surface area contributed by atoms with Crippen LogP contribution in [0.2, 0.25) is 5.02 Å². The molecule has 0 spiro atoms. The summed E-state index contributed by atoms with van der Waals surface area (Å²) in [5, 5.41) is 0.603. The zero-order valence-corrected chi connectivity index (χ0v) is 9.12. The summed E-state index contributed by atoms with van der Waals surface area (Å²) < 4.78 is 10.8. The van der Waals surface area contributed by atoms with Crippen molar-refractivity contribution in [2.24, 2.45) is 0 Å². The second-order valence-corrected chi connectivity index (χ2v) is 3.43. The van der Waals surface area contributed by atoms with E-state index in [2.05, 4.69) is 0 Å². The standard InChI is InChI=1S/C12H11ClO2/c1-2-14-12-9(5-3-6-10(12)13)11-7-4-8-15-11/h3-8H,2H2,1H3. The number of halogens is 1. The highest BCUT2D eigenvalue weighted by molar-refractivity contribution is 6.32. The highest BCUT2D eigenvalue weighted by Crippen LogP contribution is 2.36. The smallest absolute Gasteiger partial charge is 0.148 e. The summed E-state index contributed by atoms with van der Waals surface area (Å²) in [4.78, 5) is 0. The second kappa shape index (κ2) is 4.41. The number of benzene rings is 1. The SMILES string of the molecule is CCOc1c(Cl)cccc1-c1ccco1. The van der Waals surface area contributed by atoms with Gasteiger partial charge in [0, 0.05) is 0 Å². The van der Waals surface area contributed by atoms with Gasteiger partial charge in [-0.15, -0.1) is 0 Å². The van der Waals surface area contributed by atoms with Crippen LogP contribution in [0.5, 0.6) is 5.75 Å². The van der Waals surface area contributed by atoms with Crippen LogP contribution in [0.3, 0.4) is 0 Å². The molecule has 0 aliphatic heterocycles. The molecule has 0 aliphatic carbocycles. The van der Waals surface area contributed by atoms with Crippen molar-refractivity contribution in [3.63, 3.8) is 0 Å². The van der Waals surface area contributed by atoms with Gasteiger partial charge in [-0.25, -0.2) is 0 Å². The first-order valence-electron chi connectivity index (χ1n) is 4.78. The Balaban J connectivity index is 2.51. The van der Waals surface area contributed by atoms with Gasteiger partial charge in [-0.1, -0.05) is 17.7 Å². The van der Waals surface area contributed by atoms with E-state index in [0.717, 1.165) is 11.3 Å². The minimum atomic E-state index is 0.581. The fourth-order valence-electron chi connectivity index (χ4n) is 1.43. The molecule has 2 nitrogen and oxygen atoms in total. The molecule has 1 aromatic carbocycles. The average Bonchev–Trinajstić information content (AvgIpc) is 2.74. The largest absolute Gasteiger partial charge is 0.492 e. The summed E-state index contributed by atoms with van der Waals surface area (Å²) in [6.07, 6.45) is 1.63. The second-order valence-electron chi connectivity index (χ2n) is 3.03. The van der Waals surface area contributed by atoms with Crippen LogP contribution < -0.4 is 4.74 Å². The summed E-state index contributed by atoms with van der Waals surface area (Å²) >= 11 is 6.06.